The van der Waals surface area contributed by atoms with E-state index in [4.69, 9.17) is 4.74 Å². The molecule has 2 aromatic carbocycles. The van der Waals surface area contributed by atoms with E-state index in [0.29, 0.717) is 5.56 Å². The summed E-state index contributed by atoms with van der Waals surface area (Å²) in [6.07, 6.45) is -0.688. The second kappa shape index (κ2) is 7.17. The minimum atomic E-state index is -1.08. The highest BCUT2D eigenvalue weighted by Crippen LogP contribution is 2.30. The van der Waals surface area contributed by atoms with Crippen LogP contribution in [-0.4, -0.2) is 17.2 Å². The number of rotatable bonds is 4. The van der Waals surface area contributed by atoms with E-state index >= 15 is 0 Å². The summed E-state index contributed by atoms with van der Waals surface area (Å²) in [7, 11) is 0. The minimum absolute atomic E-state index is 0.0849. The molecule has 5 nitrogen and oxygen atoms in total. The number of benzene rings is 2. The van der Waals surface area contributed by atoms with Gasteiger partial charge in [-0.15, -0.1) is 0 Å². The number of aromatic carboxylic acids is 1. The van der Waals surface area contributed by atoms with Crippen molar-refractivity contribution >= 4 is 17.7 Å². The lowest BCUT2D eigenvalue weighted by Crippen LogP contribution is -2.21. The fraction of sp³-hybridized carbons (Fsp3) is 0.263. The molecule has 0 fully saturated rings. The third-order valence-corrected chi connectivity index (χ3v) is 3.54. The first-order chi connectivity index (χ1) is 11.3. The molecule has 0 atom stereocenters. The average molecular weight is 327 g/mol. The molecular weight excluding hydrogens is 306 g/mol. The van der Waals surface area contributed by atoms with E-state index in [0.717, 1.165) is 5.56 Å². The third-order valence-electron chi connectivity index (χ3n) is 3.54. The van der Waals surface area contributed by atoms with Crippen LogP contribution in [0.3, 0.4) is 0 Å². The predicted molar refractivity (Wildman–Crippen MR) is 92.4 cm³/mol. The van der Waals surface area contributed by atoms with Crippen LogP contribution in [0, 0.1) is 0 Å². The van der Waals surface area contributed by atoms with Crippen LogP contribution in [0.4, 0.5) is 10.5 Å². The highest BCUT2D eigenvalue weighted by molar-refractivity contribution is 6.00. The molecule has 126 valence electrons. The Labute approximate surface area is 141 Å². The molecule has 0 unspecified atom stereocenters. The van der Waals surface area contributed by atoms with Gasteiger partial charge < -0.3 is 9.84 Å². The van der Waals surface area contributed by atoms with Gasteiger partial charge in [0.1, 0.15) is 6.61 Å². The van der Waals surface area contributed by atoms with Crippen LogP contribution in [0.25, 0.3) is 0 Å². The topological polar surface area (TPSA) is 75.6 Å². The Morgan fingerprint density at radius 1 is 1.04 bits per heavy atom. The lowest BCUT2D eigenvalue weighted by atomic mass is 9.83. The van der Waals surface area contributed by atoms with Crippen molar-refractivity contribution < 1.29 is 19.4 Å². The molecule has 0 aliphatic rings. The van der Waals surface area contributed by atoms with E-state index in [1.165, 1.54) is 0 Å². The molecular formula is C19H21NO4. The number of anilines is 1. The molecule has 2 rings (SSSR count). The van der Waals surface area contributed by atoms with Gasteiger partial charge in [0.05, 0.1) is 11.3 Å². The number of carboxylic acids is 1. The van der Waals surface area contributed by atoms with E-state index in [1.807, 2.05) is 51.1 Å². The summed E-state index contributed by atoms with van der Waals surface area (Å²) < 4.78 is 5.15. The zero-order valence-corrected chi connectivity index (χ0v) is 14.0. The fourth-order valence-electron chi connectivity index (χ4n) is 2.38. The molecule has 0 saturated carbocycles. The normalized spacial score (nSPS) is 11.0. The van der Waals surface area contributed by atoms with Gasteiger partial charge in [-0.05, 0) is 22.6 Å². The van der Waals surface area contributed by atoms with Crippen LogP contribution in [0.15, 0.2) is 48.5 Å². The summed E-state index contributed by atoms with van der Waals surface area (Å²) in [5.41, 5.74) is 1.46. The van der Waals surface area contributed by atoms with Gasteiger partial charge in [-0.1, -0.05) is 63.2 Å². The van der Waals surface area contributed by atoms with Gasteiger partial charge >= 0.3 is 12.1 Å². The van der Waals surface area contributed by atoms with Crippen molar-refractivity contribution in [1.29, 1.82) is 0 Å². The lowest BCUT2D eigenvalue weighted by molar-refractivity contribution is 0.0695. The average Bonchev–Trinajstić information content (AvgIpc) is 2.52. The molecule has 0 aliphatic heterocycles. The zero-order chi connectivity index (χ0) is 17.7. The SMILES string of the molecule is CC(C)(C)c1cccc(NC(=O)OCc2ccccc2)c1C(=O)O. The van der Waals surface area contributed by atoms with Crippen molar-refractivity contribution in [1.82, 2.24) is 0 Å². The van der Waals surface area contributed by atoms with Gasteiger partial charge in [0, 0.05) is 0 Å². The Bertz CT molecular complexity index is 733. The quantitative estimate of drug-likeness (QED) is 0.871. The number of nitrogens with one attached hydrogen (secondary N) is 1. The van der Waals surface area contributed by atoms with Gasteiger partial charge in [0.2, 0.25) is 0 Å². The molecule has 0 bridgehead atoms. The molecule has 5 heteroatoms. The van der Waals surface area contributed by atoms with E-state index in [2.05, 4.69) is 5.32 Å². The van der Waals surface area contributed by atoms with Crippen molar-refractivity contribution in [3.05, 3.63) is 65.2 Å². The van der Waals surface area contributed by atoms with E-state index in [-0.39, 0.29) is 23.3 Å². The molecule has 0 heterocycles. The van der Waals surface area contributed by atoms with Gasteiger partial charge in [-0.25, -0.2) is 9.59 Å². The molecule has 2 aromatic rings. The molecule has 0 aliphatic carbocycles. The molecule has 1 amide bonds. The van der Waals surface area contributed by atoms with Crippen LogP contribution in [0.5, 0.6) is 0 Å². The van der Waals surface area contributed by atoms with Crippen molar-refractivity contribution in [2.75, 3.05) is 5.32 Å². The maximum atomic E-state index is 12.0. The number of ether oxygens (including phenoxy) is 1. The lowest BCUT2D eigenvalue weighted by Gasteiger charge is -2.23. The number of carbonyl (C=O) groups excluding carboxylic acids is 1. The molecule has 2 N–H and O–H groups in total. The Morgan fingerprint density at radius 3 is 2.29 bits per heavy atom. The van der Waals surface area contributed by atoms with Crippen molar-refractivity contribution in [2.45, 2.75) is 32.8 Å². The van der Waals surface area contributed by atoms with Gasteiger partial charge in [-0.2, -0.15) is 0 Å². The monoisotopic (exact) mass is 327 g/mol. The molecule has 24 heavy (non-hydrogen) atoms. The molecule has 0 spiro atoms. The minimum Gasteiger partial charge on any atom is -0.478 e. The number of amides is 1. The van der Waals surface area contributed by atoms with E-state index in [9.17, 15) is 14.7 Å². The molecule has 0 radical (unpaired) electrons. The van der Waals surface area contributed by atoms with Crippen LogP contribution >= 0.6 is 0 Å². The van der Waals surface area contributed by atoms with E-state index < -0.39 is 12.1 Å². The Morgan fingerprint density at radius 2 is 1.71 bits per heavy atom. The van der Waals surface area contributed by atoms with Crippen molar-refractivity contribution in [3.8, 4) is 0 Å². The Balaban J connectivity index is 2.17. The summed E-state index contributed by atoms with van der Waals surface area (Å²) >= 11 is 0. The summed E-state index contributed by atoms with van der Waals surface area (Å²) in [6.45, 7) is 5.89. The fourth-order valence-corrected chi connectivity index (χ4v) is 2.38. The third kappa shape index (κ3) is 4.35. The largest absolute Gasteiger partial charge is 0.478 e. The van der Waals surface area contributed by atoms with Crippen molar-refractivity contribution in [2.24, 2.45) is 0 Å². The first kappa shape index (κ1) is 17.5. The smallest absolute Gasteiger partial charge is 0.411 e. The number of hydrogen-bond acceptors (Lipinski definition) is 3. The van der Waals surface area contributed by atoms with Crippen LogP contribution in [0.2, 0.25) is 0 Å². The number of hydrogen-bond donors (Lipinski definition) is 2. The van der Waals surface area contributed by atoms with Crippen molar-refractivity contribution in [3.63, 3.8) is 0 Å². The zero-order valence-electron chi connectivity index (χ0n) is 14.0. The van der Waals surface area contributed by atoms with Crippen LogP contribution in [0.1, 0.15) is 42.3 Å². The summed E-state index contributed by atoms with van der Waals surface area (Å²) in [5.74, 6) is -1.08. The predicted octanol–water partition coefficient (Wildman–Crippen LogP) is 4.43. The van der Waals surface area contributed by atoms with Gasteiger partial charge in [0.25, 0.3) is 0 Å². The Hall–Kier alpha value is -2.82. The first-order valence-electron chi connectivity index (χ1n) is 7.63. The summed E-state index contributed by atoms with van der Waals surface area (Å²) in [5, 5.41) is 12.1. The molecule has 0 aromatic heterocycles. The van der Waals surface area contributed by atoms with Crippen LogP contribution in [-0.2, 0) is 16.8 Å². The first-order valence-corrected chi connectivity index (χ1v) is 7.63. The summed E-state index contributed by atoms with van der Waals surface area (Å²) in [6, 6.07) is 14.3. The number of carboxylic acid groups (broad SMARTS) is 1. The summed E-state index contributed by atoms with van der Waals surface area (Å²) in [4.78, 5) is 23.7. The second-order valence-corrected chi connectivity index (χ2v) is 6.47. The van der Waals surface area contributed by atoms with Gasteiger partial charge in [-0.3, -0.25) is 5.32 Å². The van der Waals surface area contributed by atoms with Gasteiger partial charge in [0.15, 0.2) is 0 Å². The van der Waals surface area contributed by atoms with Crippen LogP contribution < -0.4 is 5.32 Å². The highest BCUT2D eigenvalue weighted by Gasteiger charge is 2.25. The highest BCUT2D eigenvalue weighted by atomic mass is 16.5. The Kier molecular flexibility index (Phi) is 5.24. The second-order valence-electron chi connectivity index (χ2n) is 6.47. The maximum Gasteiger partial charge on any atom is 0.411 e. The number of carbonyl (C=O) groups is 2. The standard InChI is InChI=1S/C19H21NO4/c1-19(2,3)14-10-7-11-15(16(14)17(21)22)20-18(23)24-12-13-8-5-4-6-9-13/h4-11H,12H2,1-3H3,(H,20,23)(H,21,22). The molecule has 0 saturated heterocycles. The van der Waals surface area contributed by atoms with E-state index in [1.54, 1.807) is 18.2 Å². The maximum absolute atomic E-state index is 12.0.